The van der Waals surface area contributed by atoms with E-state index in [-0.39, 0.29) is 30.4 Å². The van der Waals surface area contributed by atoms with Crippen LogP contribution in [0.1, 0.15) is 32.4 Å². The molecule has 4 heteroatoms. The Morgan fingerprint density at radius 2 is 1.00 bits per heavy atom. The lowest BCUT2D eigenvalue weighted by Crippen LogP contribution is -2.13. The fraction of sp³-hybridized carbons (Fsp3) is 0.368. The molecule has 0 bridgehead atoms. The number of aromatic hydroxyl groups is 4. The molecule has 0 amide bonds. The first kappa shape index (κ1) is 18.7. The van der Waals surface area contributed by atoms with Gasteiger partial charge < -0.3 is 20.4 Å². The Hall–Kier alpha value is -2.36. The van der Waals surface area contributed by atoms with Crippen LogP contribution >= 0.6 is 0 Å². The maximum Gasteiger partial charge on any atom is 0.157 e. The van der Waals surface area contributed by atoms with Gasteiger partial charge in [0.2, 0.25) is 0 Å². The molecule has 0 aromatic heterocycles. The van der Waals surface area contributed by atoms with Crippen molar-refractivity contribution >= 4 is 0 Å². The number of hydrogen-bond acceptors (Lipinski definition) is 4. The fourth-order valence-electron chi connectivity index (χ4n) is 2.54. The molecule has 0 aliphatic carbocycles. The zero-order chi connectivity index (χ0) is 16.3. The highest BCUT2D eigenvalue weighted by molar-refractivity contribution is 5.41. The SMILES string of the molecule is C.C[C@H](Cc1ccc(O)c(O)c1)[C@@H](C)Cc1ccc(O)c(O)c1. The van der Waals surface area contributed by atoms with Crippen molar-refractivity contribution in [1.29, 1.82) is 0 Å². The van der Waals surface area contributed by atoms with Gasteiger partial charge in [-0.2, -0.15) is 0 Å². The van der Waals surface area contributed by atoms with Gasteiger partial charge in [-0.1, -0.05) is 33.4 Å². The second-order valence-corrected chi connectivity index (χ2v) is 6.01. The monoisotopic (exact) mass is 318 g/mol. The first-order valence-electron chi connectivity index (χ1n) is 7.38. The molecule has 4 nitrogen and oxygen atoms in total. The molecule has 0 aliphatic heterocycles. The summed E-state index contributed by atoms with van der Waals surface area (Å²) in [7, 11) is 0. The number of phenols is 4. The molecule has 4 N–H and O–H groups in total. The van der Waals surface area contributed by atoms with E-state index in [9.17, 15) is 20.4 Å². The Bertz CT molecular complexity index is 594. The minimum absolute atomic E-state index is 0. The van der Waals surface area contributed by atoms with Gasteiger partial charge in [0.15, 0.2) is 23.0 Å². The lowest BCUT2D eigenvalue weighted by molar-refractivity contribution is 0.377. The predicted molar refractivity (Wildman–Crippen MR) is 92.0 cm³/mol. The molecule has 126 valence electrons. The van der Waals surface area contributed by atoms with Crippen LogP contribution in [-0.2, 0) is 12.8 Å². The molecule has 0 saturated carbocycles. The molecule has 0 heterocycles. The molecule has 0 unspecified atom stereocenters. The van der Waals surface area contributed by atoms with Gasteiger partial charge in [0.05, 0.1) is 0 Å². The van der Waals surface area contributed by atoms with E-state index >= 15 is 0 Å². The molecule has 2 rings (SSSR count). The van der Waals surface area contributed by atoms with Crippen LogP contribution in [0, 0.1) is 11.8 Å². The zero-order valence-corrected chi connectivity index (χ0v) is 12.8. The third-order valence-corrected chi connectivity index (χ3v) is 4.17. The van der Waals surface area contributed by atoms with Crippen LogP contribution in [0.4, 0.5) is 0 Å². The molecule has 2 aromatic carbocycles. The van der Waals surface area contributed by atoms with Crippen molar-refractivity contribution in [2.75, 3.05) is 0 Å². The lowest BCUT2D eigenvalue weighted by Gasteiger charge is -2.20. The van der Waals surface area contributed by atoms with Crippen molar-refractivity contribution in [2.24, 2.45) is 11.8 Å². The van der Waals surface area contributed by atoms with E-state index in [1.165, 1.54) is 12.1 Å². The van der Waals surface area contributed by atoms with Crippen LogP contribution in [0.2, 0.25) is 0 Å². The normalized spacial score (nSPS) is 13.1. The summed E-state index contributed by atoms with van der Waals surface area (Å²) in [4.78, 5) is 0. The Morgan fingerprint density at radius 1 is 0.652 bits per heavy atom. The van der Waals surface area contributed by atoms with Crippen LogP contribution in [0.5, 0.6) is 23.0 Å². The van der Waals surface area contributed by atoms with Crippen LogP contribution in [0.3, 0.4) is 0 Å². The molecular formula is C19H26O4. The number of rotatable bonds is 5. The molecule has 0 saturated heterocycles. The number of phenolic OH excluding ortho intramolecular Hbond substituents is 4. The summed E-state index contributed by atoms with van der Waals surface area (Å²) in [5, 5.41) is 37.8. The summed E-state index contributed by atoms with van der Waals surface area (Å²) < 4.78 is 0. The van der Waals surface area contributed by atoms with Gasteiger partial charge in [-0.3, -0.25) is 0 Å². The topological polar surface area (TPSA) is 80.9 Å². The maximum atomic E-state index is 9.54. The van der Waals surface area contributed by atoms with Gasteiger partial charge in [0.1, 0.15) is 0 Å². The third kappa shape index (κ3) is 4.81. The molecular weight excluding hydrogens is 292 g/mol. The Labute approximate surface area is 137 Å². The second kappa shape index (κ2) is 7.77. The summed E-state index contributed by atoms with van der Waals surface area (Å²) in [6.45, 7) is 4.27. The molecule has 0 aliphatic rings. The van der Waals surface area contributed by atoms with Gasteiger partial charge in [0, 0.05) is 0 Å². The summed E-state index contributed by atoms with van der Waals surface area (Å²) in [6.07, 6.45) is 1.58. The summed E-state index contributed by atoms with van der Waals surface area (Å²) in [5.41, 5.74) is 1.95. The van der Waals surface area contributed by atoms with Crippen molar-refractivity contribution in [3.63, 3.8) is 0 Å². The van der Waals surface area contributed by atoms with E-state index in [2.05, 4.69) is 13.8 Å². The van der Waals surface area contributed by atoms with E-state index in [0.29, 0.717) is 11.8 Å². The summed E-state index contributed by atoms with van der Waals surface area (Å²) in [5.74, 6) is 0.314. The minimum atomic E-state index is -0.107. The van der Waals surface area contributed by atoms with E-state index in [1.54, 1.807) is 12.1 Å². The maximum absolute atomic E-state index is 9.54. The van der Waals surface area contributed by atoms with Crippen molar-refractivity contribution < 1.29 is 20.4 Å². The molecule has 23 heavy (non-hydrogen) atoms. The zero-order valence-electron chi connectivity index (χ0n) is 12.8. The van der Waals surface area contributed by atoms with Crippen LogP contribution in [0.15, 0.2) is 36.4 Å². The van der Waals surface area contributed by atoms with Crippen molar-refractivity contribution in [3.8, 4) is 23.0 Å². The minimum Gasteiger partial charge on any atom is -0.504 e. The van der Waals surface area contributed by atoms with Gasteiger partial charge in [-0.25, -0.2) is 0 Å². The first-order chi connectivity index (χ1) is 10.4. The highest BCUT2D eigenvalue weighted by Gasteiger charge is 2.15. The van der Waals surface area contributed by atoms with Gasteiger partial charge in [-0.15, -0.1) is 0 Å². The quantitative estimate of drug-likeness (QED) is 0.623. The highest BCUT2D eigenvalue weighted by atomic mass is 16.3. The lowest BCUT2D eigenvalue weighted by atomic mass is 9.85. The fourth-order valence-corrected chi connectivity index (χ4v) is 2.54. The Balaban J connectivity index is 0.00000264. The van der Waals surface area contributed by atoms with Crippen molar-refractivity contribution in [3.05, 3.63) is 47.5 Å². The van der Waals surface area contributed by atoms with Gasteiger partial charge in [-0.05, 0) is 60.1 Å². The molecule has 2 aromatic rings. The van der Waals surface area contributed by atoms with Gasteiger partial charge >= 0.3 is 0 Å². The van der Waals surface area contributed by atoms with Crippen LogP contribution in [-0.4, -0.2) is 20.4 Å². The smallest absolute Gasteiger partial charge is 0.157 e. The van der Waals surface area contributed by atoms with Crippen molar-refractivity contribution in [2.45, 2.75) is 34.1 Å². The van der Waals surface area contributed by atoms with Crippen LogP contribution < -0.4 is 0 Å². The highest BCUT2D eigenvalue weighted by Crippen LogP contribution is 2.30. The third-order valence-electron chi connectivity index (χ3n) is 4.17. The molecule has 2 atom stereocenters. The molecule has 0 spiro atoms. The summed E-state index contributed by atoms with van der Waals surface area (Å²) >= 11 is 0. The predicted octanol–water partition coefficient (Wildman–Crippen LogP) is 4.20. The molecule has 0 fully saturated rings. The standard InChI is InChI=1S/C18H22O4.CH4/c1-11(7-13-3-5-15(19)17(21)9-13)12(2)8-14-4-6-16(20)18(22)10-14;/h3-6,9-12,19-22H,7-8H2,1-2H3;1H4/t11-,12+;. The van der Waals surface area contributed by atoms with E-state index in [0.717, 1.165) is 24.0 Å². The molecule has 0 radical (unpaired) electrons. The number of hydrogen-bond donors (Lipinski definition) is 4. The largest absolute Gasteiger partial charge is 0.504 e. The first-order valence-corrected chi connectivity index (χ1v) is 7.38. The van der Waals surface area contributed by atoms with Crippen molar-refractivity contribution in [1.82, 2.24) is 0 Å². The summed E-state index contributed by atoms with van der Waals surface area (Å²) in [6, 6.07) is 9.80. The average Bonchev–Trinajstić information content (AvgIpc) is 2.46. The Kier molecular flexibility index (Phi) is 6.31. The van der Waals surface area contributed by atoms with E-state index < -0.39 is 0 Å². The van der Waals surface area contributed by atoms with Crippen LogP contribution in [0.25, 0.3) is 0 Å². The average molecular weight is 318 g/mol. The van der Waals surface area contributed by atoms with Gasteiger partial charge in [0.25, 0.3) is 0 Å². The second-order valence-electron chi connectivity index (χ2n) is 6.01. The van der Waals surface area contributed by atoms with E-state index in [1.807, 2.05) is 12.1 Å². The Morgan fingerprint density at radius 3 is 1.30 bits per heavy atom. The number of benzene rings is 2. The van der Waals surface area contributed by atoms with E-state index in [4.69, 9.17) is 0 Å².